The van der Waals surface area contributed by atoms with Crippen molar-refractivity contribution in [2.75, 3.05) is 13.1 Å². The molecule has 2 amide bonds. The van der Waals surface area contributed by atoms with Crippen molar-refractivity contribution in [3.63, 3.8) is 0 Å². The van der Waals surface area contributed by atoms with Gasteiger partial charge in [0.1, 0.15) is 12.3 Å². The van der Waals surface area contributed by atoms with Gasteiger partial charge in [-0.1, -0.05) is 18.2 Å². The topological polar surface area (TPSA) is 101 Å². The Hall–Kier alpha value is -2.67. The van der Waals surface area contributed by atoms with Gasteiger partial charge in [0.15, 0.2) is 0 Å². The zero-order chi connectivity index (χ0) is 17.1. The Morgan fingerprint density at radius 3 is 2.75 bits per heavy atom. The number of nitrogens with zero attached hydrogens (tertiary/aromatic N) is 2. The standard InChI is InChI=1S/C17H20N4O3/c1-11-10-24-17(19-11)14-7-13(9-21(14)15(22)8-18)20-16(23)12-5-3-2-4-6-12/h2-6,10,13-14H,7-9,18H2,1H3,(H,20,23)/t13-,14+/m1/s1. The number of oxazole rings is 1. The van der Waals surface area contributed by atoms with Crippen molar-refractivity contribution in [1.82, 2.24) is 15.2 Å². The van der Waals surface area contributed by atoms with Crippen molar-refractivity contribution in [1.29, 1.82) is 0 Å². The zero-order valence-corrected chi connectivity index (χ0v) is 13.4. The van der Waals surface area contributed by atoms with Crippen molar-refractivity contribution in [2.45, 2.75) is 25.4 Å². The Kier molecular flexibility index (Phi) is 4.61. The number of hydrogen-bond acceptors (Lipinski definition) is 5. The summed E-state index contributed by atoms with van der Waals surface area (Å²) >= 11 is 0. The summed E-state index contributed by atoms with van der Waals surface area (Å²) in [6, 6.07) is 8.50. The highest BCUT2D eigenvalue weighted by Crippen LogP contribution is 2.31. The fraction of sp³-hybridized carbons (Fsp3) is 0.353. The first-order chi connectivity index (χ1) is 11.6. The molecule has 2 atom stereocenters. The summed E-state index contributed by atoms with van der Waals surface area (Å²) < 4.78 is 5.45. The van der Waals surface area contributed by atoms with Gasteiger partial charge < -0.3 is 20.4 Å². The molecule has 1 aromatic heterocycles. The first kappa shape index (κ1) is 16.2. The van der Waals surface area contributed by atoms with Crippen LogP contribution >= 0.6 is 0 Å². The molecule has 0 bridgehead atoms. The molecule has 0 saturated carbocycles. The summed E-state index contributed by atoms with van der Waals surface area (Å²) in [5.41, 5.74) is 6.84. The molecule has 24 heavy (non-hydrogen) atoms. The van der Waals surface area contributed by atoms with Crippen LogP contribution in [0.1, 0.15) is 34.4 Å². The van der Waals surface area contributed by atoms with Crippen molar-refractivity contribution in [2.24, 2.45) is 5.73 Å². The van der Waals surface area contributed by atoms with Gasteiger partial charge in [0, 0.05) is 18.2 Å². The number of nitrogens with one attached hydrogen (secondary N) is 1. The van der Waals surface area contributed by atoms with E-state index in [1.807, 2.05) is 25.1 Å². The van der Waals surface area contributed by atoms with Crippen LogP contribution in [0.5, 0.6) is 0 Å². The molecule has 7 heteroatoms. The lowest BCUT2D eigenvalue weighted by atomic mass is 10.1. The van der Waals surface area contributed by atoms with Crippen molar-refractivity contribution in [3.05, 3.63) is 53.7 Å². The van der Waals surface area contributed by atoms with E-state index < -0.39 is 0 Å². The first-order valence-corrected chi connectivity index (χ1v) is 7.86. The molecule has 0 spiro atoms. The van der Waals surface area contributed by atoms with Gasteiger partial charge in [-0.05, 0) is 25.5 Å². The predicted octanol–water partition coefficient (Wildman–Crippen LogP) is 1.01. The van der Waals surface area contributed by atoms with E-state index in [2.05, 4.69) is 10.3 Å². The van der Waals surface area contributed by atoms with E-state index in [1.54, 1.807) is 23.3 Å². The minimum atomic E-state index is -0.309. The minimum Gasteiger partial charge on any atom is -0.446 e. The number of benzene rings is 1. The molecule has 2 heterocycles. The van der Waals surface area contributed by atoms with Crippen LogP contribution in [0.25, 0.3) is 0 Å². The number of likely N-dealkylation sites (tertiary alicyclic amines) is 1. The van der Waals surface area contributed by atoms with Crippen LogP contribution in [0.2, 0.25) is 0 Å². The zero-order valence-electron chi connectivity index (χ0n) is 13.4. The van der Waals surface area contributed by atoms with Crippen LogP contribution in [0.3, 0.4) is 0 Å². The number of nitrogens with two attached hydrogens (primary N) is 1. The third kappa shape index (κ3) is 3.30. The quantitative estimate of drug-likeness (QED) is 0.872. The average Bonchev–Trinajstić information content (AvgIpc) is 3.21. The number of aryl methyl sites for hydroxylation is 1. The summed E-state index contributed by atoms with van der Waals surface area (Å²) in [6.07, 6.45) is 2.10. The lowest BCUT2D eigenvalue weighted by Crippen LogP contribution is -2.40. The maximum atomic E-state index is 12.3. The van der Waals surface area contributed by atoms with Gasteiger partial charge in [-0.3, -0.25) is 9.59 Å². The summed E-state index contributed by atoms with van der Waals surface area (Å²) in [6.45, 7) is 2.13. The Morgan fingerprint density at radius 1 is 1.38 bits per heavy atom. The van der Waals surface area contributed by atoms with Crippen LogP contribution in [0.15, 0.2) is 41.0 Å². The highest BCUT2D eigenvalue weighted by molar-refractivity contribution is 5.94. The molecule has 3 N–H and O–H groups in total. The van der Waals surface area contributed by atoms with Crippen LogP contribution < -0.4 is 11.1 Å². The molecule has 0 unspecified atom stereocenters. The average molecular weight is 328 g/mol. The Bertz CT molecular complexity index is 728. The second-order valence-electron chi connectivity index (χ2n) is 5.87. The lowest BCUT2D eigenvalue weighted by Gasteiger charge is -2.21. The smallest absolute Gasteiger partial charge is 0.251 e. The molecule has 3 rings (SSSR count). The molecule has 0 aliphatic carbocycles. The number of carbonyl (C=O) groups is 2. The molecular weight excluding hydrogens is 308 g/mol. The number of rotatable bonds is 4. The molecule has 1 aromatic carbocycles. The molecule has 1 saturated heterocycles. The highest BCUT2D eigenvalue weighted by atomic mass is 16.3. The fourth-order valence-electron chi connectivity index (χ4n) is 2.95. The Balaban J connectivity index is 1.74. The number of amides is 2. The van der Waals surface area contributed by atoms with E-state index in [-0.39, 0.29) is 30.4 Å². The Morgan fingerprint density at radius 2 is 2.12 bits per heavy atom. The first-order valence-electron chi connectivity index (χ1n) is 7.86. The third-order valence-corrected chi connectivity index (χ3v) is 4.09. The van der Waals surface area contributed by atoms with Crippen LogP contribution in [0, 0.1) is 6.92 Å². The van der Waals surface area contributed by atoms with Crippen LogP contribution in [0.4, 0.5) is 0 Å². The van der Waals surface area contributed by atoms with Crippen molar-refractivity contribution in [3.8, 4) is 0 Å². The van der Waals surface area contributed by atoms with E-state index in [1.165, 1.54) is 0 Å². The van der Waals surface area contributed by atoms with Gasteiger partial charge in [0.25, 0.3) is 5.91 Å². The van der Waals surface area contributed by atoms with E-state index in [9.17, 15) is 9.59 Å². The molecule has 126 valence electrons. The second-order valence-corrected chi connectivity index (χ2v) is 5.87. The number of aromatic nitrogens is 1. The third-order valence-electron chi connectivity index (χ3n) is 4.09. The van der Waals surface area contributed by atoms with E-state index in [0.717, 1.165) is 5.69 Å². The normalized spacial score (nSPS) is 20.2. The summed E-state index contributed by atoms with van der Waals surface area (Å²) in [5, 5.41) is 2.97. The lowest BCUT2D eigenvalue weighted by molar-refractivity contribution is -0.131. The molecule has 1 aliphatic heterocycles. The SMILES string of the molecule is Cc1coc([C@@H]2C[C@@H](NC(=O)c3ccccc3)CN2C(=O)CN)n1. The predicted molar refractivity (Wildman–Crippen MR) is 87.1 cm³/mol. The van der Waals surface area contributed by atoms with E-state index >= 15 is 0 Å². The molecular formula is C17H20N4O3. The summed E-state index contributed by atoms with van der Waals surface area (Å²) in [7, 11) is 0. The van der Waals surface area contributed by atoms with Crippen molar-refractivity contribution < 1.29 is 14.0 Å². The van der Waals surface area contributed by atoms with Crippen LogP contribution in [-0.4, -0.2) is 40.8 Å². The number of hydrogen-bond donors (Lipinski definition) is 2. The minimum absolute atomic E-state index is 0.0878. The largest absolute Gasteiger partial charge is 0.446 e. The monoisotopic (exact) mass is 328 g/mol. The summed E-state index contributed by atoms with van der Waals surface area (Å²) in [4.78, 5) is 30.4. The molecule has 0 radical (unpaired) electrons. The van der Waals surface area contributed by atoms with Gasteiger partial charge >= 0.3 is 0 Å². The van der Waals surface area contributed by atoms with Gasteiger partial charge in [0.05, 0.1) is 12.2 Å². The second kappa shape index (κ2) is 6.84. The Labute approximate surface area is 139 Å². The maximum Gasteiger partial charge on any atom is 0.251 e. The molecule has 1 fully saturated rings. The molecule has 7 nitrogen and oxygen atoms in total. The van der Waals surface area contributed by atoms with Crippen molar-refractivity contribution >= 4 is 11.8 Å². The van der Waals surface area contributed by atoms with Crippen LogP contribution in [-0.2, 0) is 4.79 Å². The summed E-state index contributed by atoms with van der Waals surface area (Å²) in [5.74, 6) is 0.128. The molecule has 2 aromatic rings. The number of carbonyl (C=O) groups excluding carboxylic acids is 2. The van der Waals surface area contributed by atoms with E-state index in [0.29, 0.717) is 24.4 Å². The fourth-order valence-corrected chi connectivity index (χ4v) is 2.95. The van der Waals surface area contributed by atoms with Gasteiger partial charge in [-0.2, -0.15) is 0 Å². The van der Waals surface area contributed by atoms with E-state index in [4.69, 9.17) is 10.2 Å². The van der Waals surface area contributed by atoms with Gasteiger partial charge in [-0.25, -0.2) is 4.98 Å². The van der Waals surface area contributed by atoms with Gasteiger partial charge in [0.2, 0.25) is 11.8 Å². The highest BCUT2D eigenvalue weighted by Gasteiger charge is 2.39. The maximum absolute atomic E-state index is 12.3. The van der Waals surface area contributed by atoms with Gasteiger partial charge in [-0.15, -0.1) is 0 Å². The molecule has 1 aliphatic rings.